The van der Waals surface area contributed by atoms with E-state index in [1.807, 2.05) is 31.2 Å². The van der Waals surface area contributed by atoms with E-state index in [0.717, 1.165) is 39.9 Å². The average Bonchev–Trinajstić information content (AvgIpc) is 2.88. The van der Waals surface area contributed by atoms with Gasteiger partial charge < -0.3 is 10.2 Å². The molecule has 2 aromatic heterocycles. The van der Waals surface area contributed by atoms with Crippen LogP contribution < -0.4 is 10.2 Å². The van der Waals surface area contributed by atoms with Gasteiger partial charge in [0.15, 0.2) is 0 Å². The summed E-state index contributed by atoms with van der Waals surface area (Å²) in [7, 11) is 0. The molecule has 1 aromatic carbocycles. The van der Waals surface area contributed by atoms with E-state index in [9.17, 15) is 0 Å². The van der Waals surface area contributed by atoms with E-state index in [-0.39, 0.29) is 0 Å². The van der Waals surface area contributed by atoms with Crippen molar-refractivity contribution in [3.8, 4) is 0 Å². The van der Waals surface area contributed by atoms with Crippen LogP contribution in [0.2, 0.25) is 0 Å². The van der Waals surface area contributed by atoms with Crippen LogP contribution >= 0.6 is 11.3 Å². The second kappa shape index (κ2) is 4.92. The monoisotopic (exact) mass is 298 g/mol. The SMILES string of the molecule is Cc1nnc(N2CC(Nc3ncnc4ccccc34)C2)s1. The van der Waals surface area contributed by atoms with Gasteiger partial charge >= 0.3 is 0 Å². The first-order valence-corrected chi connectivity index (χ1v) is 7.62. The second-order valence-corrected chi connectivity index (χ2v) is 6.25. The van der Waals surface area contributed by atoms with Crippen molar-refractivity contribution in [2.24, 2.45) is 0 Å². The number of benzene rings is 1. The summed E-state index contributed by atoms with van der Waals surface area (Å²) in [5, 5.41) is 14.8. The van der Waals surface area contributed by atoms with Crippen LogP contribution in [0.5, 0.6) is 0 Å². The number of para-hydroxylation sites is 1. The van der Waals surface area contributed by atoms with E-state index in [2.05, 4.69) is 30.4 Å². The molecule has 3 heterocycles. The molecule has 7 heteroatoms. The van der Waals surface area contributed by atoms with Crippen LogP contribution in [0.15, 0.2) is 30.6 Å². The molecule has 21 heavy (non-hydrogen) atoms. The fourth-order valence-electron chi connectivity index (χ4n) is 2.45. The molecule has 0 saturated carbocycles. The van der Waals surface area contributed by atoms with Crippen LogP contribution in [0.3, 0.4) is 0 Å². The largest absolute Gasteiger partial charge is 0.363 e. The minimum absolute atomic E-state index is 0.382. The molecule has 1 saturated heterocycles. The summed E-state index contributed by atoms with van der Waals surface area (Å²) in [5.74, 6) is 0.902. The van der Waals surface area contributed by atoms with Gasteiger partial charge in [-0.25, -0.2) is 9.97 Å². The molecular formula is C14H14N6S. The molecule has 1 aliphatic heterocycles. The summed E-state index contributed by atoms with van der Waals surface area (Å²) < 4.78 is 0. The first-order chi connectivity index (χ1) is 10.3. The van der Waals surface area contributed by atoms with E-state index in [1.54, 1.807) is 17.7 Å². The van der Waals surface area contributed by atoms with Gasteiger partial charge in [-0.2, -0.15) is 0 Å². The van der Waals surface area contributed by atoms with E-state index < -0.39 is 0 Å². The molecule has 0 amide bonds. The smallest absolute Gasteiger partial charge is 0.208 e. The first-order valence-electron chi connectivity index (χ1n) is 6.81. The quantitative estimate of drug-likeness (QED) is 0.798. The lowest BCUT2D eigenvalue weighted by molar-refractivity contribution is 0.546. The number of nitrogens with one attached hydrogen (secondary N) is 1. The minimum Gasteiger partial charge on any atom is -0.363 e. The van der Waals surface area contributed by atoms with E-state index in [4.69, 9.17) is 0 Å². The molecule has 1 aliphatic rings. The van der Waals surface area contributed by atoms with Crippen molar-refractivity contribution in [1.29, 1.82) is 0 Å². The van der Waals surface area contributed by atoms with Crippen LogP contribution in [0.1, 0.15) is 5.01 Å². The molecule has 6 nitrogen and oxygen atoms in total. The fraction of sp³-hybridized carbons (Fsp3) is 0.286. The van der Waals surface area contributed by atoms with Gasteiger partial charge in [0.25, 0.3) is 0 Å². The lowest BCUT2D eigenvalue weighted by atomic mass is 10.1. The molecule has 0 aliphatic carbocycles. The van der Waals surface area contributed by atoms with Crippen molar-refractivity contribution in [3.05, 3.63) is 35.6 Å². The van der Waals surface area contributed by atoms with Crippen molar-refractivity contribution >= 4 is 33.2 Å². The normalized spacial score (nSPS) is 15.2. The van der Waals surface area contributed by atoms with E-state index in [0.29, 0.717) is 6.04 Å². The van der Waals surface area contributed by atoms with Gasteiger partial charge in [0.1, 0.15) is 17.2 Å². The highest BCUT2D eigenvalue weighted by atomic mass is 32.1. The van der Waals surface area contributed by atoms with Gasteiger partial charge in [-0.3, -0.25) is 0 Å². The minimum atomic E-state index is 0.382. The van der Waals surface area contributed by atoms with Gasteiger partial charge in [-0.15, -0.1) is 10.2 Å². The fourth-order valence-corrected chi connectivity index (χ4v) is 3.16. The molecular weight excluding hydrogens is 284 g/mol. The Bertz CT molecular complexity index is 774. The summed E-state index contributed by atoms with van der Waals surface area (Å²) in [4.78, 5) is 10.9. The summed E-state index contributed by atoms with van der Waals surface area (Å²) in [5.41, 5.74) is 0.964. The van der Waals surface area contributed by atoms with E-state index in [1.165, 1.54) is 0 Å². The molecule has 0 atom stereocenters. The number of rotatable bonds is 3. The Balaban J connectivity index is 1.48. The number of nitrogens with zero attached hydrogens (tertiary/aromatic N) is 5. The Morgan fingerprint density at radius 1 is 1.19 bits per heavy atom. The zero-order valence-electron chi connectivity index (χ0n) is 11.5. The molecule has 0 unspecified atom stereocenters. The maximum atomic E-state index is 4.36. The highest BCUT2D eigenvalue weighted by Gasteiger charge is 2.29. The summed E-state index contributed by atoms with van der Waals surface area (Å²) in [6.45, 7) is 3.82. The van der Waals surface area contributed by atoms with E-state index >= 15 is 0 Å². The second-order valence-electron chi connectivity index (χ2n) is 5.09. The zero-order chi connectivity index (χ0) is 14.2. The predicted octanol–water partition coefficient (Wildman–Crippen LogP) is 2.09. The van der Waals surface area contributed by atoms with Crippen molar-refractivity contribution in [1.82, 2.24) is 20.2 Å². The Labute approximate surface area is 125 Å². The standard InChI is InChI=1S/C14H14N6S/c1-9-18-19-14(21-9)20-6-10(7-20)17-13-11-4-2-3-5-12(11)15-8-16-13/h2-5,8,10H,6-7H2,1H3,(H,15,16,17). The molecule has 0 radical (unpaired) electrons. The average molecular weight is 298 g/mol. The maximum Gasteiger partial charge on any atom is 0.208 e. The third-order valence-corrected chi connectivity index (χ3v) is 4.45. The van der Waals surface area contributed by atoms with Gasteiger partial charge in [0.2, 0.25) is 5.13 Å². The Hall–Kier alpha value is -2.28. The summed E-state index contributed by atoms with van der Waals surface area (Å²) in [6.07, 6.45) is 1.61. The molecule has 1 N–H and O–H groups in total. The topological polar surface area (TPSA) is 66.8 Å². The Morgan fingerprint density at radius 3 is 2.86 bits per heavy atom. The number of hydrogen-bond acceptors (Lipinski definition) is 7. The number of anilines is 2. The summed E-state index contributed by atoms with van der Waals surface area (Å²) >= 11 is 1.63. The van der Waals surface area contributed by atoms with Gasteiger partial charge in [0.05, 0.1) is 11.6 Å². The van der Waals surface area contributed by atoms with Crippen LogP contribution in [0.4, 0.5) is 10.9 Å². The van der Waals surface area contributed by atoms with Crippen LogP contribution in [-0.4, -0.2) is 39.3 Å². The van der Waals surface area contributed by atoms with Gasteiger partial charge in [0, 0.05) is 18.5 Å². The van der Waals surface area contributed by atoms with Crippen molar-refractivity contribution in [2.75, 3.05) is 23.3 Å². The maximum absolute atomic E-state index is 4.36. The highest BCUT2D eigenvalue weighted by Crippen LogP contribution is 2.27. The molecule has 106 valence electrons. The first kappa shape index (κ1) is 12.5. The molecule has 0 bridgehead atoms. The third-order valence-electron chi connectivity index (χ3n) is 3.55. The predicted molar refractivity (Wildman–Crippen MR) is 83.8 cm³/mol. The Kier molecular flexibility index (Phi) is 2.92. The molecule has 1 fully saturated rings. The third kappa shape index (κ3) is 2.29. The number of fused-ring (bicyclic) bond motifs is 1. The van der Waals surface area contributed by atoms with Crippen molar-refractivity contribution < 1.29 is 0 Å². The van der Waals surface area contributed by atoms with Crippen LogP contribution in [0, 0.1) is 6.92 Å². The zero-order valence-corrected chi connectivity index (χ0v) is 12.3. The number of hydrogen-bond donors (Lipinski definition) is 1. The Morgan fingerprint density at radius 2 is 2.05 bits per heavy atom. The lowest BCUT2D eigenvalue weighted by Crippen LogP contribution is -2.55. The van der Waals surface area contributed by atoms with Crippen LogP contribution in [0.25, 0.3) is 10.9 Å². The van der Waals surface area contributed by atoms with Crippen molar-refractivity contribution in [3.63, 3.8) is 0 Å². The number of aryl methyl sites for hydroxylation is 1. The highest BCUT2D eigenvalue weighted by molar-refractivity contribution is 7.15. The number of aromatic nitrogens is 4. The van der Waals surface area contributed by atoms with Gasteiger partial charge in [-0.05, 0) is 19.1 Å². The van der Waals surface area contributed by atoms with Crippen LogP contribution in [-0.2, 0) is 0 Å². The molecule has 3 aromatic rings. The lowest BCUT2D eigenvalue weighted by Gasteiger charge is -2.39. The van der Waals surface area contributed by atoms with Gasteiger partial charge in [-0.1, -0.05) is 23.5 Å². The van der Waals surface area contributed by atoms with Crippen molar-refractivity contribution in [2.45, 2.75) is 13.0 Å². The summed E-state index contributed by atoms with van der Waals surface area (Å²) in [6, 6.07) is 8.42. The molecule has 4 rings (SSSR count). The molecule has 0 spiro atoms.